The Morgan fingerprint density at radius 3 is 0.889 bits per heavy atom. The molecule has 0 aliphatic carbocycles. The number of hydrogen-bond acceptors (Lipinski definition) is 6. The second kappa shape index (κ2) is 11.8. The molecule has 0 aliphatic heterocycles. The first-order chi connectivity index (χ1) is 20.7. The lowest BCUT2D eigenvalue weighted by atomic mass is 9.83. The van der Waals surface area contributed by atoms with Crippen LogP contribution in [0.4, 0.5) is 0 Å². The van der Waals surface area contributed by atoms with Crippen LogP contribution < -0.4 is 17.1 Å². The van der Waals surface area contributed by atoms with Gasteiger partial charge in [-0.3, -0.25) is 0 Å². The highest BCUT2D eigenvalue weighted by Crippen LogP contribution is 2.35. The van der Waals surface area contributed by atoms with E-state index >= 15 is 0 Å². The van der Waals surface area contributed by atoms with Gasteiger partial charge < -0.3 is 15.3 Å². The molecule has 0 atom stereocenters. The van der Waals surface area contributed by atoms with Gasteiger partial charge in [-0.1, -0.05) is 77.9 Å². The highest BCUT2D eigenvalue weighted by atomic mass is 16.3. The maximum absolute atomic E-state index is 14.1. The molecule has 9 nitrogen and oxygen atoms in total. The van der Waals surface area contributed by atoms with Crippen molar-refractivity contribution in [2.75, 3.05) is 0 Å². The third-order valence-corrected chi connectivity index (χ3v) is 8.69. The van der Waals surface area contributed by atoms with Crippen molar-refractivity contribution in [3.63, 3.8) is 0 Å². The van der Waals surface area contributed by atoms with Crippen molar-refractivity contribution in [3.05, 3.63) is 119 Å². The fourth-order valence-electron chi connectivity index (χ4n) is 6.17. The maximum atomic E-state index is 14.1. The average molecular weight is 616 g/mol. The Morgan fingerprint density at radius 1 is 0.467 bits per heavy atom. The van der Waals surface area contributed by atoms with Crippen molar-refractivity contribution in [2.45, 2.75) is 98.2 Å². The fourth-order valence-corrected chi connectivity index (χ4v) is 6.17. The number of hydrogen-bond donors (Lipinski definition) is 3. The minimum atomic E-state index is -0.879. The summed E-state index contributed by atoms with van der Waals surface area (Å²) in [4.78, 5) is 42.4. The predicted octanol–water partition coefficient (Wildman–Crippen LogP) is 5.15. The molecule has 0 fully saturated rings. The van der Waals surface area contributed by atoms with Crippen molar-refractivity contribution in [2.24, 2.45) is 0 Å². The molecule has 1 heterocycles. The van der Waals surface area contributed by atoms with Crippen LogP contribution in [-0.4, -0.2) is 29.0 Å². The molecule has 0 spiro atoms. The molecule has 3 N–H and O–H groups in total. The zero-order chi connectivity index (χ0) is 33.6. The highest BCUT2D eigenvalue weighted by Gasteiger charge is 2.33. The van der Waals surface area contributed by atoms with E-state index in [4.69, 9.17) is 0 Å². The van der Waals surface area contributed by atoms with E-state index in [-0.39, 0.29) is 36.9 Å². The standard InChI is InChI=1S/C36H45N3O6/c1-22-10-13-25(28(40)16-22)34(4,5)19-37-31(43)38(20-35(6,7)26-14-11-23(2)17-29(26)41)33(45)39(32(37)44)21-36(8,9)27-15-12-24(3)18-30(27)42/h10-18,40-42H,19-21H2,1-9H3. The predicted molar refractivity (Wildman–Crippen MR) is 177 cm³/mol. The summed E-state index contributed by atoms with van der Waals surface area (Å²) in [7, 11) is 0. The van der Waals surface area contributed by atoms with Gasteiger partial charge in [0, 0.05) is 52.6 Å². The molecule has 45 heavy (non-hydrogen) atoms. The molecule has 4 rings (SSSR count). The smallest absolute Gasteiger partial charge is 0.336 e. The maximum Gasteiger partial charge on any atom is 0.336 e. The summed E-state index contributed by atoms with van der Waals surface area (Å²) in [5.41, 5.74) is -0.724. The van der Waals surface area contributed by atoms with Gasteiger partial charge in [0.25, 0.3) is 0 Å². The fraction of sp³-hybridized carbons (Fsp3) is 0.417. The lowest BCUT2D eigenvalue weighted by Crippen LogP contribution is -2.58. The molecule has 0 aliphatic rings. The lowest BCUT2D eigenvalue weighted by molar-refractivity contribution is 0.310. The number of aryl methyl sites for hydroxylation is 3. The Morgan fingerprint density at radius 2 is 0.689 bits per heavy atom. The topological polar surface area (TPSA) is 127 Å². The van der Waals surface area contributed by atoms with Crippen LogP contribution in [-0.2, 0) is 35.9 Å². The van der Waals surface area contributed by atoms with Crippen LogP contribution in [0.15, 0.2) is 69.0 Å². The minimum absolute atomic E-state index is 0.0497. The van der Waals surface area contributed by atoms with Gasteiger partial charge in [0.2, 0.25) is 0 Å². The molecule has 1 aromatic heterocycles. The molecule has 240 valence electrons. The van der Waals surface area contributed by atoms with Crippen LogP contribution >= 0.6 is 0 Å². The van der Waals surface area contributed by atoms with E-state index in [1.807, 2.05) is 80.5 Å². The van der Waals surface area contributed by atoms with Crippen molar-refractivity contribution in [1.82, 2.24) is 13.7 Å². The van der Waals surface area contributed by atoms with Gasteiger partial charge in [-0.15, -0.1) is 0 Å². The summed E-state index contributed by atoms with van der Waals surface area (Å²) in [6, 6.07) is 15.8. The lowest BCUT2D eigenvalue weighted by Gasteiger charge is -2.31. The number of phenols is 3. The Hall–Kier alpha value is -4.53. The number of benzene rings is 3. The number of aromatic hydroxyl groups is 3. The molecule has 0 radical (unpaired) electrons. The van der Waals surface area contributed by atoms with Crippen LogP contribution in [0.2, 0.25) is 0 Å². The molecule has 9 heteroatoms. The number of rotatable bonds is 9. The largest absolute Gasteiger partial charge is 0.508 e. The Bertz CT molecular complexity index is 1690. The minimum Gasteiger partial charge on any atom is -0.508 e. The SMILES string of the molecule is Cc1ccc(C(C)(C)Cn2c(=O)n(CC(C)(C)c3ccc(C)cc3O)c(=O)n(CC(C)(C)c3ccc(C)cc3O)c2=O)c(O)c1. The van der Waals surface area contributed by atoms with Crippen LogP contribution in [0.1, 0.15) is 74.9 Å². The summed E-state index contributed by atoms with van der Waals surface area (Å²) in [5.74, 6) is 0.149. The van der Waals surface area contributed by atoms with Crippen molar-refractivity contribution < 1.29 is 15.3 Å². The molecule has 4 aromatic rings. The summed E-state index contributed by atoms with van der Waals surface area (Å²) < 4.78 is 3.16. The van der Waals surface area contributed by atoms with Crippen LogP contribution in [0.5, 0.6) is 17.2 Å². The molecular weight excluding hydrogens is 570 g/mol. The van der Waals surface area contributed by atoms with E-state index in [9.17, 15) is 29.7 Å². The summed E-state index contributed by atoms with van der Waals surface area (Å²) in [5, 5.41) is 32.3. The second-order valence-corrected chi connectivity index (χ2v) is 14.3. The van der Waals surface area contributed by atoms with Gasteiger partial charge in [0.15, 0.2) is 0 Å². The molecule has 3 aromatic carbocycles. The normalized spacial score (nSPS) is 12.5. The number of nitrogens with zero attached hydrogens (tertiary/aromatic N) is 3. The average Bonchev–Trinajstić information content (AvgIpc) is 2.91. The van der Waals surface area contributed by atoms with Crippen molar-refractivity contribution >= 4 is 0 Å². The van der Waals surface area contributed by atoms with E-state index in [2.05, 4.69) is 0 Å². The number of aromatic nitrogens is 3. The van der Waals surface area contributed by atoms with E-state index in [1.165, 1.54) is 0 Å². The molecule has 0 amide bonds. The molecule has 0 saturated heterocycles. The summed E-state index contributed by atoms with van der Waals surface area (Å²) >= 11 is 0. The highest BCUT2D eigenvalue weighted by molar-refractivity contribution is 5.42. The van der Waals surface area contributed by atoms with Gasteiger partial charge in [0.1, 0.15) is 17.2 Å². The first kappa shape index (κ1) is 33.4. The second-order valence-electron chi connectivity index (χ2n) is 14.3. The number of phenolic OH excluding ortho intramolecular Hbond substituents is 3. The first-order valence-corrected chi connectivity index (χ1v) is 15.1. The Balaban J connectivity index is 1.93. The molecule has 0 unspecified atom stereocenters. The monoisotopic (exact) mass is 615 g/mol. The van der Waals surface area contributed by atoms with E-state index in [1.54, 1.807) is 36.4 Å². The van der Waals surface area contributed by atoms with Crippen LogP contribution in [0.25, 0.3) is 0 Å². The molecule has 0 saturated carbocycles. The zero-order valence-electron chi connectivity index (χ0n) is 27.7. The van der Waals surface area contributed by atoms with E-state index in [0.717, 1.165) is 30.4 Å². The Kier molecular flexibility index (Phi) is 8.72. The van der Waals surface area contributed by atoms with E-state index < -0.39 is 33.3 Å². The first-order valence-electron chi connectivity index (χ1n) is 15.1. The van der Waals surface area contributed by atoms with Gasteiger partial charge in [-0.25, -0.2) is 28.1 Å². The van der Waals surface area contributed by atoms with Crippen molar-refractivity contribution in [3.8, 4) is 17.2 Å². The van der Waals surface area contributed by atoms with Gasteiger partial charge in [0.05, 0.1) is 0 Å². The Labute approximate surface area is 263 Å². The van der Waals surface area contributed by atoms with Gasteiger partial charge in [-0.05, 0) is 55.7 Å². The van der Waals surface area contributed by atoms with Crippen LogP contribution in [0, 0.1) is 20.8 Å². The molecular formula is C36H45N3O6. The third-order valence-electron chi connectivity index (χ3n) is 8.69. The van der Waals surface area contributed by atoms with E-state index in [0.29, 0.717) is 16.7 Å². The van der Waals surface area contributed by atoms with Gasteiger partial charge >= 0.3 is 17.1 Å². The van der Waals surface area contributed by atoms with Gasteiger partial charge in [-0.2, -0.15) is 0 Å². The molecule has 0 bridgehead atoms. The third kappa shape index (κ3) is 6.62. The van der Waals surface area contributed by atoms with Crippen molar-refractivity contribution in [1.29, 1.82) is 0 Å². The van der Waals surface area contributed by atoms with Crippen LogP contribution in [0.3, 0.4) is 0 Å². The summed E-state index contributed by atoms with van der Waals surface area (Å²) in [6.07, 6.45) is 0. The summed E-state index contributed by atoms with van der Waals surface area (Å²) in [6.45, 7) is 16.2. The zero-order valence-corrected chi connectivity index (χ0v) is 27.7. The quantitative estimate of drug-likeness (QED) is 0.239.